The van der Waals surface area contributed by atoms with Crippen molar-refractivity contribution in [2.45, 2.75) is 59.8 Å². The Hall–Kier alpha value is -0.950. The highest BCUT2D eigenvalue weighted by molar-refractivity contribution is 8.02. The van der Waals surface area contributed by atoms with E-state index in [2.05, 4.69) is 51.3 Å². The fourth-order valence-corrected chi connectivity index (χ4v) is 3.68. The zero-order valence-electron chi connectivity index (χ0n) is 14.0. The first-order valence-corrected chi connectivity index (χ1v) is 9.38. The Morgan fingerprint density at radius 2 is 2.00 bits per heavy atom. The lowest BCUT2D eigenvalue weighted by Gasteiger charge is -2.09. The number of benzene rings is 1. The summed E-state index contributed by atoms with van der Waals surface area (Å²) in [6.45, 7) is 9.04. The van der Waals surface area contributed by atoms with E-state index in [-0.39, 0.29) is 0 Å². The van der Waals surface area contributed by atoms with E-state index in [0.717, 1.165) is 12.8 Å². The van der Waals surface area contributed by atoms with Crippen LogP contribution >= 0.6 is 11.8 Å². The molecule has 0 N–H and O–H groups in total. The lowest BCUT2D eigenvalue weighted by atomic mass is 9.95. The fraction of sp³-hybridized carbons (Fsp3) is 0.500. The average molecular weight is 301 g/mol. The summed E-state index contributed by atoms with van der Waals surface area (Å²) in [5, 5.41) is 2.35. The molecule has 0 bridgehead atoms. The monoisotopic (exact) mass is 300 g/mol. The van der Waals surface area contributed by atoms with Gasteiger partial charge < -0.3 is 0 Å². The van der Waals surface area contributed by atoms with Crippen LogP contribution in [0.5, 0.6) is 0 Å². The lowest BCUT2D eigenvalue weighted by Crippen LogP contribution is -1.95. The molecule has 1 heteroatoms. The third-order valence-electron chi connectivity index (χ3n) is 4.13. The Balaban J connectivity index is 2.25. The molecule has 0 saturated carbocycles. The van der Waals surface area contributed by atoms with Gasteiger partial charge in [-0.1, -0.05) is 45.4 Å². The van der Waals surface area contributed by atoms with E-state index in [1.807, 2.05) is 11.8 Å². The Bertz CT molecular complexity index is 549. The Morgan fingerprint density at radius 1 is 1.19 bits per heavy atom. The predicted molar refractivity (Wildman–Crippen MR) is 98.0 cm³/mol. The highest BCUT2D eigenvalue weighted by atomic mass is 32.2. The Kier molecular flexibility index (Phi) is 6.17. The molecule has 21 heavy (non-hydrogen) atoms. The van der Waals surface area contributed by atoms with Crippen LogP contribution in [0.15, 0.2) is 28.7 Å². The molecule has 1 aliphatic rings. The number of fused-ring (bicyclic) bond motifs is 1. The zero-order valence-corrected chi connectivity index (χ0v) is 14.8. The van der Waals surface area contributed by atoms with Crippen molar-refractivity contribution in [1.82, 2.24) is 0 Å². The summed E-state index contributed by atoms with van der Waals surface area (Å²) in [7, 11) is 0. The van der Waals surface area contributed by atoms with E-state index >= 15 is 0 Å². The maximum atomic E-state index is 2.44. The molecule has 1 aromatic rings. The molecule has 0 spiro atoms. The molecule has 0 radical (unpaired) electrons. The maximum absolute atomic E-state index is 2.44. The summed E-state index contributed by atoms with van der Waals surface area (Å²) >= 11 is 1.95. The van der Waals surface area contributed by atoms with Crippen LogP contribution in [0, 0.1) is 0 Å². The molecule has 114 valence electrons. The Morgan fingerprint density at radius 3 is 2.67 bits per heavy atom. The molecule has 0 unspecified atom stereocenters. The van der Waals surface area contributed by atoms with E-state index in [0.29, 0.717) is 0 Å². The highest BCUT2D eigenvalue weighted by Crippen LogP contribution is 2.34. The molecule has 1 aliphatic carbocycles. The van der Waals surface area contributed by atoms with E-state index in [4.69, 9.17) is 0 Å². The molecule has 0 aromatic heterocycles. The molecule has 0 saturated heterocycles. The van der Waals surface area contributed by atoms with Crippen LogP contribution in [0.3, 0.4) is 0 Å². The largest absolute Gasteiger partial charge is 0.134 e. The molecule has 2 rings (SSSR count). The molecule has 1 aromatic carbocycles. The van der Waals surface area contributed by atoms with Crippen molar-refractivity contribution in [3.05, 3.63) is 50.9 Å². The summed E-state index contributed by atoms with van der Waals surface area (Å²) in [4.78, 5) is 0. The minimum Gasteiger partial charge on any atom is -0.134 e. The quantitative estimate of drug-likeness (QED) is 0.541. The van der Waals surface area contributed by atoms with Gasteiger partial charge in [0.1, 0.15) is 0 Å². The number of hydrogen-bond donors (Lipinski definition) is 0. The van der Waals surface area contributed by atoms with E-state index in [1.54, 1.807) is 11.1 Å². The predicted octanol–water partition coefficient (Wildman–Crippen LogP) is 6.19. The smallest absolute Gasteiger partial charge is 0.00166 e. The van der Waals surface area contributed by atoms with Gasteiger partial charge in [0.25, 0.3) is 0 Å². The maximum Gasteiger partial charge on any atom is -0.00166 e. The van der Waals surface area contributed by atoms with Gasteiger partial charge in [-0.15, -0.1) is 11.8 Å². The van der Waals surface area contributed by atoms with Crippen LogP contribution in [0.4, 0.5) is 0 Å². The minimum absolute atomic E-state index is 1.12. The van der Waals surface area contributed by atoms with Crippen molar-refractivity contribution < 1.29 is 0 Å². The van der Waals surface area contributed by atoms with Crippen molar-refractivity contribution in [2.75, 3.05) is 5.75 Å². The minimum atomic E-state index is 1.12. The number of hydrogen-bond acceptors (Lipinski definition) is 1. The van der Waals surface area contributed by atoms with E-state index in [9.17, 15) is 0 Å². The van der Waals surface area contributed by atoms with Crippen LogP contribution in [0.25, 0.3) is 6.08 Å². The number of allylic oxidation sites excluding steroid dienone is 2. The van der Waals surface area contributed by atoms with Gasteiger partial charge in [0, 0.05) is 0 Å². The van der Waals surface area contributed by atoms with Crippen LogP contribution in [0.1, 0.15) is 62.8 Å². The van der Waals surface area contributed by atoms with Gasteiger partial charge in [-0.05, 0) is 77.2 Å². The van der Waals surface area contributed by atoms with Crippen LogP contribution in [0.2, 0.25) is 0 Å². The van der Waals surface area contributed by atoms with Gasteiger partial charge in [0.05, 0.1) is 0 Å². The normalized spacial score (nSPS) is 14.3. The third-order valence-corrected chi connectivity index (χ3v) is 5.29. The van der Waals surface area contributed by atoms with Crippen molar-refractivity contribution in [3.63, 3.8) is 0 Å². The number of aryl methyl sites for hydroxylation is 2. The molecule has 0 amide bonds. The zero-order chi connectivity index (χ0) is 15.2. The van der Waals surface area contributed by atoms with Gasteiger partial charge in [-0.2, -0.15) is 0 Å². The van der Waals surface area contributed by atoms with Crippen molar-refractivity contribution in [1.29, 1.82) is 0 Å². The molecular weight excluding hydrogens is 272 g/mol. The summed E-state index contributed by atoms with van der Waals surface area (Å²) in [6.07, 6.45) is 8.37. The van der Waals surface area contributed by atoms with Gasteiger partial charge in [-0.25, -0.2) is 0 Å². The second-order valence-electron chi connectivity index (χ2n) is 5.95. The van der Waals surface area contributed by atoms with Crippen molar-refractivity contribution in [3.8, 4) is 0 Å². The number of rotatable bonds is 7. The first-order valence-electron chi connectivity index (χ1n) is 8.33. The SMILES string of the molecule is CCCS/C=C(\C)C1=Cc2c(CCC)cc(CC)cc2C1. The van der Waals surface area contributed by atoms with Crippen molar-refractivity contribution >= 4 is 17.8 Å². The van der Waals surface area contributed by atoms with Gasteiger partial charge in [-0.3, -0.25) is 0 Å². The standard InChI is InChI=1S/C20H28S/c1-5-8-17-10-16(7-3)11-19-12-18(13-20(17)19)15(4)14-21-9-6-2/h10-11,13-14H,5-9,12H2,1-4H3/b15-14+. The first kappa shape index (κ1) is 16.4. The molecular formula is C20H28S. The van der Waals surface area contributed by atoms with E-state index < -0.39 is 0 Å². The average Bonchev–Trinajstić information content (AvgIpc) is 2.92. The van der Waals surface area contributed by atoms with E-state index in [1.165, 1.54) is 47.3 Å². The lowest BCUT2D eigenvalue weighted by molar-refractivity contribution is 0.912. The van der Waals surface area contributed by atoms with Gasteiger partial charge >= 0.3 is 0 Å². The third kappa shape index (κ3) is 4.03. The van der Waals surface area contributed by atoms with Crippen LogP contribution in [-0.2, 0) is 19.3 Å². The molecule has 0 aliphatic heterocycles. The van der Waals surface area contributed by atoms with Crippen molar-refractivity contribution in [2.24, 2.45) is 0 Å². The fourth-order valence-electron chi connectivity index (χ4n) is 2.92. The second-order valence-corrected chi connectivity index (χ2v) is 6.93. The molecule has 0 atom stereocenters. The molecule has 0 heterocycles. The van der Waals surface area contributed by atoms with Gasteiger partial charge in [0.2, 0.25) is 0 Å². The summed E-state index contributed by atoms with van der Waals surface area (Å²) < 4.78 is 0. The first-order chi connectivity index (χ1) is 10.2. The van der Waals surface area contributed by atoms with Gasteiger partial charge in [0.15, 0.2) is 0 Å². The number of thioether (sulfide) groups is 1. The summed E-state index contributed by atoms with van der Waals surface area (Å²) in [5.41, 5.74) is 9.06. The Labute approximate surface area is 134 Å². The summed E-state index contributed by atoms with van der Waals surface area (Å²) in [5.74, 6) is 1.22. The second kappa shape index (κ2) is 7.89. The highest BCUT2D eigenvalue weighted by Gasteiger charge is 2.17. The molecule has 0 fully saturated rings. The summed E-state index contributed by atoms with van der Waals surface area (Å²) in [6, 6.07) is 4.84. The molecule has 0 nitrogen and oxygen atoms in total. The van der Waals surface area contributed by atoms with Crippen LogP contribution < -0.4 is 0 Å². The van der Waals surface area contributed by atoms with Crippen LogP contribution in [-0.4, -0.2) is 5.75 Å². The topological polar surface area (TPSA) is 0 Å².